The van der Waals surface area contributed by atoms with Crippen LogP contribution in [0.25, 0.3) is 0 Å². The molecule has 1 aromatic carbocycles. The first-order valence-corrected chi connectivity index (χ1v) is 8.68. The van der Waals surface area contributed by atoms with Gasteiger partial charge >= 0.3 is 0 Å². The third kappa shape index (κ3) is 2.63. The largest absolute Gasteiger partial charge is 0.311 e. The lowest BCUT2D eigenvalue weighted by molar-refractivity contribution is -0.0169. The van der Waals surface area contributed by atoms with E-state index in [1.165, 1.54) is 32.1 Å². The van der Waals surface area contributed by atoms with Gasteiger partial charge in [-0.3, -0.25) is 0 Å². The second-order valence-electron chi connectivity index (χ2n) is 7.82. The third-order valence-corrected chi connectivity index (χ3v) is 6.19. The van der Waals surface area contributed by atoms with Crippen molar-refractivity contribution in [3.63, 3.8) is 0 Å². The summed E-state index contributed by atoms with van der Waals surface area (Å²) in [5, 5.41) is 3.87. The summed E-state index contributed by atoms with van der Waals surface area (Å²) in [6.45, 7) is 2.22. The fourth-order valence-corrected chi connectivity index (χ4v) is 5.58. The van der Waals surface area contributed by atoms with Crippen molar-refractivity contribution in [2.24, 2.45) is 23.7 Å². The van der Waals surface area contributed by atoms with Crippen LogP contribution in [-0.2, 0) is 6.42 Å². The van der Waals surface area contributed by atoms with Crippen molar-refractivity contribution in [1.82, 2.24) is 5.32 Å². The van der Waals surface area contributed by atoms with Gasteiger partial charge in [0.1, 0.15) is 5.82 Å². The Kier molecular flexibility index (Phi) is 3.53. The van der Waals surface area contributed by atoms with Gasteiger partial charge < -0.3 is 5.32 Å². The maximum Gasteiger partial charge on any atom is 0.126 e. The Bertz CT molecular complexity index is 484. The van der Waals surface area contributed by atoms with E-state index in [-0.39, 0.29) is 5.82 Å². The van der Waals surface area contributed by atoms with E-state index in [9.17, 15) is 4.39 Å². The van der Waals surface area contributed by atoms with E-state index >= 15 is 0 Å². The Balaban J connectivity index is 1.41. The van der Waals surface area contributed by atoms with E-state index in [0.717, 1.165) is 35.7 Å². The van der Waals surface area contributed by atoms with Crippen LogP contribution in [0, 0.1) is 29.5 Å². The lowest BCUT2D eigenvalue weighted by atomic mass is 9.54. The van der Waals surface area contributed by atoms with Crippen molar-refractivity contribution in [2.45, 2.75) is 57.5 Å². The van der Waals surface area contributed by atoms with Crippen LogP contribution in [0.3, 0.4) is 0 Å². The number of hydrogen-bond donors (Lipinski definition) is 1. The van der Waals surface area contributed by atoms with Crippen LogP contribution in [0.2, 0.25) is 0 Å². The minimum absolute atomic E-state index is 0.0590. The van der Waals surface area contributed by atoms with E-state index in [1.54, 1.807) is 12.1 Å². The van der Waals surface area contributed by atoms with Crippen LogP contribution in [0.1, 0.15) is 44.6 Å². The zero-order valence-corrected chi connectivity index (χ0v) is 12.9. The van der Waals surface area contributed by atoms with Gasteiger partial charge in [-0.1, -0.05) is 18.2 Å². The highest BCUT2D eigenvalue weighted by molar-refractivity contribution is 5.18. The summed E-state index contributed by atoms with van der Waals surface area (Å²) < 4.78 is 13.8. The minimum atomic E-state index is -0.0590. The fraction of sp³-hybridized carbons (Fsp3) is 0.684. The highest BCUT2D eigenvalue weighted by Gasteiger charge is 2.48. The molecule has 1 nitrogen and oxygen atoms in total. The molecule has 4 bridgehead atoms. The van der Waals surface area contributed by atoms with Crippen LogP contribution in [-0.4, -0.2) is 12.1 Å². The van der Waals surface area contributed by atoms with Gasteiger partial charge in [-0.25, -0.2) is 4.39 Å². The molecule has 4 saturated carbocycles. The van der Waals surface area contributed by atoms with E-state index in [2.05, 4.69) is 12.2 Å². The lowest BCUT2D eigenvalue weighted by Gasteiger charge is -2.55. The molecular weight excluding hydrogens is 261 g/mol. The molecule has 0 saturated heterocycles. The summed E-state index contributed by atoms with van der Waals surface area (Å²) in [5.74, 6) is 3.77. The van der Waals surface area contributed by atoms with Crippen molar-refractivity contribution in [3.8, 4) is 0 Å². The number of benzene rings is 1. The molecule has 1 N–H and O–H groups in total. The summed E-state index contributed by atoms with van der Waals surface area (Å²) >= 11 is 0. The van der Waals surface area contributed by atoms with Crippen LogP contribution in [0.5, 0.6) is 0 Å². The molecule has 114 valence electrons. The molecule has 1 unspecified atom stereocenters. The van der Waals surface area contributed by atoms with Crippen LogP contribution in [0.4, 0.5) is 4.39 Å². The van der Waals surface area contributed by atoms with E-state index < -0.39 is 0 Å². The fourth-order valence-electron chi connectivity index (χ4n) is 5.58. The molecule has 4 fully saturated rings. The van der Waals surface area contributed by atoms with Gasteiger partial charge in [-0.2, -0.15) is 0 Å². The second-order valence-corrected chi connectivity index (χ2v) is 7.82. The summed E-state index contributed by atoms with van der Waals surface area (Å²) in [7, 11) is 0. The lowest BCUT2D eigenvalue weighted by Crippen LogP contribution is -2.56. The Morgan fingerprint density at radius 1 is 1.05 bits per heavy atom. The second kappa shape index (κ2) is 5.39. The first-order valence-electron chi connectivity index (χ1n) is 8.68. The van der Waals surface area contributed by atoms with Crippen molar-refractivity contribution < 1.29 is 4.39 Å². The molecule has 0 amide bonds. The monoisotopic (exact) mass is 287 g/mol. The first kappa shape index (κ1) is 13.8. The highest BCUT2D eigenvalue weighted by atomic mass is 19.1. The van der Waals surface area contributed by atoms with Crippen LogP contribution in [0.15, 0.2) is 24.3 Å². The van der Waals surface area contributed by atoms with Crippen molar-refractivity contribution >= 4 is 0 Å². The summed E-state index contributed by atoms with van der Waals surface area (Å²) in [6.07, 6.45) is 8.07. The molecular formula is C19H26FN. The minimum Gasteiger partial charge on any atom is -0.311 e. The van der Waals surface area contributed by atoms with Gasteiger partial charge in [0.25, 0.3) is 0 Å². The predicted octanol–water partition coefficient (Wildman–Crippen LogP) is 4.17. The molecule has 4 aliphatic carbocycles. The average molecular weight is 287 g/mol. The molecule has 5 rings (SSSR count). The molecule has 21 heavy (non-hydrogen) atoms. The van der Waals surface area contributed by atoms with E-state index in [0.29, 0.717) is 12.1 Å². The SMILES string of the molecule is CC(Cc1ccccc1F)NC1C2CC3CC(C2)CC1C3. The maximum atomic E-state index is 13.8. The molecule has 0 radical (unpaired) electrons. The molecule has 0 heterocycles. The summed E-state index contributed by atoms with van der Waals surface area (Å²) in [6, 6.07) is 8.27. The van der Waals surface area contributed by atoms with Crippen molar-refractivity contribution in [3.05, 3.63) is 35.6 Å². The van der Waals surface area contributed by atoms with Gasteiger partial charge in [0, 0.05) is 12.1 Å². The van der Waals surface area contributed by atoms with Gasteiger partial charge in [-0.05, 0) is 80.8 Å². The van der Waals surface area contributed by atoms with Crippen molar-refractivity contribution in [1.29, 1.82) is 0 Å². The molecule has 0 spiro atoms. The summed E-state index contributed by atoms with van der Waals surface area (Å²) in [4.78, 5) is 0. The topological polar surface area (TPSA) is 12.0 Å². The Hall–Kier alpha value is -0.890. The Morgan fingerprint density at radius 3 is 2.29 bits per heavy atom. The van der Waals surface area contributed by atoms with Crippen molar-refractivity contribution in [2.75, 3.05) is 0 Å². The number of hydrogen-bond acceptors (Lipinski definition) is 1. The maximum absolute atomic E-state index is 13.8. The molecule has 0 aliphatic heterocycles. The summed E-state index contributed by atoms with van der Waals surface area (Å²) in [5.41, 5.74) is 0.848. The molecule has 1 atom stereocenters. The molecule has 2 heteroatoms. The molecule has 4 aliphatic rings. The van der Waals surface area contributed by atoms with Gasteiger partial charge in [0.15, 0.2) is 0 Å². The molecule has 0 aromatic heterocycles. The predicted molar refractivity (Wildman–Crippen MR) is 83.5 cm³/mol. The van der Waals surface area contributed by atoms with Crippen LogP contribution >= 0.6 is 0 Å². The van der Waals surface area contributed by atoms with E-state index in [4.69, 9.17) is 0 Å². The third-order valence-electron chi connectivity index (χ3n) is 6.19. The number of rotatable bonds is 4. The molecule has 1 aromatic rings. The standard InChI is InChI=1S/C19H26FN/c1-12(6-15-4-2-3-5-18(15)20)21-19-16-8-13-7-14(10-16)11-17(19)9-13/h2-5,12-14,16-17,19,21H,6-11H2,1H3. The Labute approximate surface area is 127 Å². The van der Waals surface area contributed by atoms with Crippen LogP contribution < -0.4 is 5.32 Å². The van der Waals surface area contributed by atoms with Gasteiger partial charge in [0.05, 0.1) is 0 Å². The van der Waals surface area contributed by atoms with Gasteiger partial charge in [0.2, 0.25) is 0 Å². The average Bonchev–Trinajstić information content (AvgIpc) is 2.44. The smallest absolute Gasteiger partial charge is 0.126 e. The zero-order chi connectivity index (χ0) is 14.4. The normalized spacial score (nSPS) is 38.7. The van der Waals surface area contributed by atoms with Gasteiger partial charge in [-0.15, -0.1) is 0 Å². The highest BCUT2D eigenvalue weighted by Crippen LogP contribution is 2.53. The number of nitrogens with one attached hydrogen (secondary N) is 1. The quantitative estimate of drug-likeness (QED) is 0.876. The van der Waals surface area contributed by atoms with E-state index in [1.807, 2.05) is 12.1 Å². The first-order chi connectivity index (χ1) is 10.2. The Morgan fingerprint density at radius 2 is 1.67 bits per heavy atom. The number of halogens is 1. The zero-order valence-electron chi connectivity index (χ0n) is 12.9.